The van der Waals surface area contributed by atoms with Gasteiger partial charge in [0, 0.05) is 0 Å². The number of hydrogen-bond donors (Lipinski definition) is 0. The first-order valence-corrected chi connectivity index (χ1v) is 23.3. The van der Waals surface area contributed by atoms with Gasteiger partial charge in [-0.3, -0.25) is 0 Å². The summed E-state index contributed by atoms with van der Waals surface area (Å²) in [5, 5.41) is 3.83. The van der Waals surface area contributed by atoms with Gasteiger partial charge in [-0.2, -0.15) is 0 Å². The molecule has 0 radical (unpaired) electrons. The van der Waals surface area contributed by atoms with Gasteiger partial charge in [0.1, 0.15) is 0 Å². The summed E-state index contributed by atoms with van der Waals surface area (Å²) < 4.78 is 12.7. The fourth-order valence-electron chi connectivity index (χ4n) is 6.70. The molecule has 1 aromatic heterocycles. The van der Waals surface area contributed by atoms with Crippen LogP contribution in [-0.2, 0) is 0 Å². The van der Waals surface area contributed by atoms with Crippen molar-refractivity contribution in [3.8, 4) is 5.88 Å². The molecule has 3 nitrogen and oxygen atoms in total. The van der Waals surface area contributed by atoms with Crippen LogP contribution in [-0.4, -0.2) is 54.5 Å². The number of aromatic nitrogens is 1. The van der Waals surface area contributed by atoms with Crippen molar-refractivity contribution in [2.45, 2.75) is 98.8 Å². The Morgan fingerprint density at radius 2 is 1.37 bits per heavy atom. The number of rotatable bonds is 15. The Hall–Kier alpha value is -1.33. The summed E-state index contributed by atoms with van der Waals surface area (Å²) >= 11 is -2.68. The number of likely N-dealkylation sites (tertiary alicyclic amines) is 1. The SMILES string of the molecule is CCC[CH2][Sn]([CH2]CCC)([CH2]CCC)[c]1cccc2c1nc(OCC1CCN(CCC)CC1)c1ccccc12. The van der Waals surface area contributed by atoms with E-state index in [0.717, 1.165) is 12.5 Å². The van der Waals surface area contributed by atoms with Crippen LogP contribution in [0.5, 0.6) is 5.88 Å². The van der Waals surface area contributed by atoms with Crippen molar-refractivity contribution in [1.82, 2.24) is 9.88 Å². The van der Waals surface area contributed by atoms with E-state index >= 15 is 0 Å². The van der Waals surface area contributed by atoms with Crippen LogP contribution in [0, 0.1) is 5.92 Å². The van der Waals surface area contributed by atoms with Crippen molar-refractivity contribution in [1.29, 1.82) is 0 Å². The molecule has 1 saturated heterocycles. The van der Waals surface area contributed by atoms with Gasteiger partial charge in [-0.05, 0) is 0 Å². The first kappa shape index (κ1) is 29.6. The number of nitrogens with zero attached hydrogens (tertiary/aromatic N) is 2. The Labute approximate surface area is 236 Å². The third-order valence-corrected chi connectivity index (χ3v) is 24.6. The Bertz CT molecular complexity index is 1120. The van der Waals surface area contributed by atoms with Gasteiger partial charge < -0.3 is 0 Å². The van der Waals surface area contributed by atoms with Gasteiger partial charge in [-0.15, -0.1) is 0 Å². The van der Waals surface area contributed by atoms with E-state index in [4.69, 9.17) is 9.72 Å². The topological polar surface area (TPSA) is 25.4 Å². The Balaban J connectivity index is 1.74. The fraction of sp³-hybridized carbons (Fsp3) is 0.618. The molecule has 1 fully saturated rings. The zero-order chi connectivity index (χ0) is 26.8. The van der Waals surface area contributed by atoms with Crippen molar-refractivity contribution in [3.63, 3.8) is 0 Å². The van der Waals surface area contributed by atoms with Gasteiger partial charge in [0.15, 0.2) is 0 Å². The average molecular weight is 624 g/mol. The second-order valence-electron chi connectivity index (χ2n) is 11.9. The van der Waals surface area contributed by atoms with E-state index in [2.05, 4.69) is 75.1 Å². The molecule has 0 N–H and O–H groups in total. The quantitative estimate of drug-likeness (QED) is 0.125. The molecule has 3 aromatic rings. The Morgan fingerprint density at radius 3 is 1.97 bits per heavy atom. The molecule has 4 heteroatoms. The van der Waals surface area contributed by atoms with Crippen LogP contribution in [0.3, 0.4) is 0 Å². The van der Waals surface area contributed by atoms with Gasteiger partial charge in [-0.1, -0.05) is 6.92 Å². The van der Waals surface area contributed by atoms with Gasteiger partial charge in [-0.25, -0.2) is 0 Å². The minimum absolute atomic E-state index is 0.631. The number of pyridine rings is 1. The standard InChI is InChI=1S/C22H25N2O.3C4H9.Sn/c1-2-13-24-14-11-17(12-15-24)16-25-22-20-9-4-3-7-18(20)19-8-5-6-10-21(19)23-22;3*1-3-4-2;/h3-9,17H,2,11-16H2,1H3;3*1,3-4H2,2H3;. The molecule has 0 unspecified atom stereocenters. The number of hydrogen-bond acceptors (Lipinski definition) is 3. The maximum absolute atomic E-state index is 6.67. The molecular weight excluding hydrogens is 571 g/mol. The van der Waals surface area contributed by atoms with Gasteiger partial charge >= 0.3 is 231 Å². The monoisotopic (exact) mass is 624 g/mol. The molecule has 0 saturated carbocycles. The second kappa shape index (κ2) is 14.9. The molecule has 0 aliphatic carbocycles. The molecule has 1 aliphatic heterocycles. The van der Waals surface area contributed by atoms with E-state index < -0.39 is 18.4 Å². The van der Waals surface area contributed by atoms with E-state index in [1.54, 1.807) is 3.58 Å². The molecule has 0 bridgehead atoms. The summed E-state index contributed by atoms with van der Waals surface area (Å²) in [6.45, 7) is 13.8. The van der Waals surface area contributed by atoms with E-state index in [-0.39, 0.29) is 0 Å². The summed E-state index contributed by atoms with van der Waals surface area (Å²) in [4.78, 5) is 8.06. The molecular formula is C34H52N2OSn. The van der Waals surface area contributed by atoms with Crippen LogP contribution in [0.25, 0.3) is 21.7 Å². The molecule has 2 heterocycles. The van der Waals surface area contributed by atoms with E-state index in [0.29, 0.717) is 5.92 Å². The average Bonchev–Trinajstić information content (AvgIpc) is 2.96. The van der Waals surface area contributed by atoms with Crippen molar-refractivity contribution in [2.75, 3.05) is 26.2 Å². The Morgan fingerprint density at radius 1 is 0.763 bits per heavy atom. The molecule has 2 aromatic carbocycles. The van der Waals surface area contributed by atoms with Gasteiger partial charge in [0.25, 0.3) is 0 Å². The van der Waals surface area contributed by atoms with Crippen LogP contribution in [0.2, 0.25) is 13.3 Å². The summed E-state index contributed by atoms with van der Waals surface area (Å²) in [6, 6.07) is 16.0. The number of fused-ring (bicyclic) bond motifs is 3. The zero-order valence-electron chi connectivity index (χ0n) is 24.7. The summed E-state index contributed by atoms with van der Waals surface area (Å²) in [6.07, 6.45) is 11.7. The van der Waals surface area contributed by atoms with E-state index in [1.807, 2.05) is 0 Å². The van der Waals surface area contributed by atoms with Crippen LogP contribution in [0.1, 0.15) is 85.5 Å². The molecule has 1 aliphatic rings. The van der Waals surface area contributed by atoms with Crippen LogP contribution in [0.4, 0.5) is 0 Å². The second-order valence-corrected chi connectivity index (χ2v) is 25.0. The summed E-state index contributed by atoms with van der Waals surface area (Å²) in [5.74, 6) is 1.50. The first-order chi connectivity index (χ1) is 18.7. The van der Waals surface area contributed by atoms with Crippen molar-refractivity contribution >= 4 is 43.6 Å². The number of para-hydroxylation sites is 1. The molecule has 4 rings (SSSR count). The molecule has 38 heavy (non-hydrogen) atoms. The van der Waals surface area contributed by atoms with Crippen molar-refractivity contribution < 1.29 is 4.74 Å². The summed E-state index contributed by atoms with van der Waals surface area (Å²) in [7, 11) is 0. The first-order valence-electron chi connectivity index (χ1n) is 15.8. The Kier molecular flexibility index (Phi) is 11.6. The van der Waals surface area contributed by atoms with E-state index in [1.165, 1.54) is 112 Å². The molecule has 208 valence electrons. The maximum atomic E-state index is 6.67. The van der Waals surface area contributed by atoms with Gasteiger partial charge in [0.05, 0.1) is 0 Å². The molecule has 0 atom stereocenters. The fourth-order valence-corrected chi connectivity index (χ4v) is 23.2. The van der Waals surface area contributed by atoms with Crippen molar-refractivity contribution in [3.05, 3.63) is 42.5 Å². The number of benzene rings is 2. The predicted octanol–water partition coefficient (Wildman–Crippen LogP) is 8.94. The zero-order valence-corrected chi connectivity index (χ0v) is 27.6. The third kappa shape index (κ3) is 7.05. The van der Waals surface area contributed by atoms with Crippen LogP contribution < -0.4 is 8.32 Å². The third-order valence-electron chi connectivity index (χ3n) is 9.00. The van der Waals surface area contributed by atoms with E-state index in [9.17, 15) is 0 Å². The number of piperidine rings is 1. The van der Waals surface area contributed by atoms with Gasteiger partial charge in [0.2, 0.25) is 0 Å². The molecule has 0 spiro atoms. The summed E-state index contributed by atoms with van der Waals surface area (Å²) in [5.41, 5.74) is 1.28. The van der Waals surface area contributed by atoms with Crippen LogP contribution >= 0.6 is 0 Å². The minimum atomic E-state index is -2.68. The number of unbranched alkanes of at least 4 members (excludes halogenated alkanes) is 3. The number of ether oxygens (including phenoxy) is 1. The van der Waals surface area contributed by atoms with Crippen LogP contribution in [0.15, 0.2) is 42.5 Å². The predicted molar refractivity (Wildman–Crippen MR) is 169 cm³/mol. The van der Waals surface area contributed by atoms with Crippen molar-refractivity contribution in [2.24, 2.45) is 5.92 Å². The molecule has 0 amide bonds. The normalized spacial score (nSPS) is 15.5.